The van der Waals surface area contributed by atoms with Gasteiger partial charge >= 0.3 is 0 Å². The lowest BCUT2D eigenvalue weighted by atomic mass is 9.81. The van der Waals surface area contributed by atoms with Crippen molar-refractivity contribution in [2.24, 2.45) is 0 Å². The molecule has 0 radical (unpaired) electrons. The number of aryl methyl sites for hydroxylation is 2. The number of anilines is 3. The van der Waals surface area contributed by atoms with E-state index in [1.165, 1.54) is 95.0 Å². The minimum absolute atomic E-state index is 0.0863. The molecule has 0 fully saturated rings. The molecule has 236 valence electrons. The van der Waals surface area contributed by atoms with Gasteiger partial charge < -0.3 is 4.90 Å². The summed E-state index contributed by atoms with van der Waals surface area (Å²) in [6, 6.07) is 44.1. The first kappa shape index (κ1) is 29.3. The van der Waals surface area contributed by atoms with Crippen LogP contribution in [-0.4, -0.2) is 0 Å². The summed E-state index contributed by atoms with van der Waals surface area (Å²) in [7, 11) is 0. The summed E-state index contributed by atoms with van der Waals surface area (Å²) >= 11 is 0. The topological polar surface area (TPSA) is 3.24 Å². The fourth-order valence-corrected chi connectivity index (χ4v) is 9.31. The average Bonchev–Trinajstić information content (AvgIpc) is 3.55. The van der Waals surface area contributed by atoms with Gasteiger partial charge in [0.15, 0.2) is 0 Å². The Hall–Kier alpha value is -4.88. The molecule has 0 unspecified atom stereocenters. The van der Waals surface area contributed by atoms with Gasteiger partial charge in [0.2, 0.25) is 0 Å². The van der Waals surface area contributed by atoms with E-state index in [2.05, 4.69) is 176 Å². The van der Waals surface area contributed by atoms with E-state index in [9.17, 15) is 0 Å². The monoisotopic (exact) mass is 621 g/mol. The zero-order valence-electron chi connectivity index (χ0n) is 29.4. The first-order valence-corrected chi connectivity index (χ1v) is 17.5. The number of hydrogen-bond donors (Lipinski definition) is 0. The third kappa shape index (κ3) is 3.73. The summed E-state index contributed by atoms with van der Waals surface area (Å²) in [5, 5.41) is 0. The molecule has 0 spiro atoms. The maximum Gasteiger partial charge on any atom is 0.0543 e. The van der Waals surface area contributed by atoms with Crippen LogP contribution in [0.15, 0.2) is 115 Å². The average molecular weight is 622 g/mol. The summed E-state index contributed by atoms with van der Waals surface area (Å²) in [5.41, 5.74) is 22.6. The van der Waals surface area contributed by atoms with Crippen molar-refractivity contribution in [2.45, 2.75) is 71.6 Å². The Morgan fingerprint density at radius 3 is 1.38 bits per heavy atom. The van der Waals surface area contributed by atoms with Crippen molar-refractivity contribution in [1.29, 1.82) is 0 Å². The van der Waals surface area contributed by atoms with Crippen molar-refractivity contribution < 1.29 is 0 Å². The highest BCUT2D eigenvalue weighted by Crippen LogP contribution is 2.57. The van der Waals surface area contributed by atoms with E-state index in [0.29, 0.717) is 0 Å². The quantitative estimate of drug-likeness (QED) is 0.190. The van der Waals surface area contributed by atoms with Crippen molar-refractivity contribution >= 4 is 17.1 Å². The van der Waals surface area contributed by atoms with Crippen molar-refractivity contribution in [3.05, 3.63) is 160 Å². The highest BCUT2D eigenvalue weighted by Gasteiger charge is 2.41. The predicted octanol–water partition coefficient (Wildman–Crippen LogP) is 12.7. The van der Waals surface area contributed by atoms with E-state index in [-0.39, 0.29) is 16.2 Å². The minimum Gasteiger partial charge on any atom is -0.310 e. The Labute approximate surface area is 285 Å². The van der Waals surface area contributed by atoms with Gasteiger partial charge in [0.05, 0.1) is 5.69 Å². The van der Waals surface area contributed by atoms with Crippen LogP contribution in [0.5, 0.6) is 0 Å². The molecule has 9 rings (SSSR count). The normalized spacial score (nSPS) is 16.4. The van der Waals surface area contributed by atoms with Crippen molar-refractivity contribution in [3.8, 4) is 33.4 Å². The summed E-state index contributed by atoms with van der Waals surface area (Å²) in [6.07, 6.45) is 0. The Morgan fingerprint density at radius 2 is 0.812 bits per heavy atom. The molecule has 0 aliphatic heterocycles. The first-order chi connectivity index (χ1) is 22.9. The largest absolute Gasteiger partial charge is 0.310 e. The van der Waals surface area contributed by atoms with E-state index >= 15 is 0 Å². The van der Waals surface area contributed by atoms with Crippen molar-refractivity contribution in [2.75, 3.05) is 4.90 Å². The van der Waals surface area contributed by atoms with E-state index in [1.54, 1.807) is 0 Å². The van der Waals surface area contributed by atoms with Crippen LogP contribution in [0.4, 0.5) is 17.1 Å². The van der Waals surface area contributed by atoms with Gasteiger partial charge in [-0.2, -0.15) is 0 Å². The van der Waals surface area contributed by atoms with Gasteiger partial charge in [-0.05, 0) is 117 Å². The second-order valence-corrected chi connectivity index (χ2v) is 15.9. The van der Waals surface area contributed by atoms with Crippen LogP contribution in [0.2, 0.25) is 0 Å². The fraction of sp³-hybridized carbons (Fsp3) is 0.234. The lowest BCUT2D eigenvalue weighted by molar-refractivity contribution is 0.659. The molecule has 3 aliphatic rings. The maximum absolute atomic E-state index is 2.55. The molecular formula is C47H43N. The Morgan fingerprint density at radius 1 is 0.375 bits per heavy atom. The first-order valence-electron chi connectivity index (χ1n) is 17.5. The summed E-state index contributed by atoms with van der Waals surface area (Å²) < 4.78 is 0. The Bertz CT molecular complexity index is 2240. The van der Waals surface area contributed by atoms with E-state index in [1.807, 2.05) is 0 Å². The molecule has 0 bridgehead atoms. The molecule has 6 aromatic rings. The molecule has 6 aromatic carbocycles. The number of rotatable bonds is 3. The fourth-order valence-electron chi connectivity index (χ4n) is 9.31. The van der Waals surface area contributed by atoms with E-state index < -0.39 is 0 Å². The molecule has 0 aromatic heterocycles. The second-order valence-electron chi connectivity index (χ2n) is 15.9. The molecule has 0 saturated carbocycles. The maximum atomic E-state index is 2.55. The van der Waals surface area contributed by atoms with Crippen molar-refractivity contribution in [3.63, 3.8) is 0 Å². The summed E-state index contributed by atoms with van der Waals surface area (Å²) in [6.45, 7) is 18.8. The lowest BCUT2D eigenvalue weighted by Crippen LogP contribution is -2.18. The van der Waals surface area contributed by atoms with Gasteiger partial charge in [0.1, 0.15) is 0 Å². The highest BCUT2D eigenvalue weighted by atomic mass is 15.1. The molecule has 0 N–H and O–H groups in total. The van der Waals surface area contributed by atoms with Gasteiger partial charge in [-0.1, -0.05) is 126 Å². The van der Waals surface area contributed by atoms with E-state index in [0.717, 1.165) is 0 Å². The summed E-state index contributed by atoms with van der Waals surface area (Å²) in [5.74, 6) is 0. The summed E-state index contributed by atoms with van der Waals surface area (Å²) in [4.78, 5) is 2.55. The molecule has 3 aliphatic carbocycles. The minimum atomic E-state index is -0.0893. The molecule has 0 amide bonds. The molecule has 0 heterocycles. The smallest absolute Gasteiger partial charge is 0.0543 e. The number of hydrogen-bond acceptors (Lipinski definition) is 1. The van der Waals surface area contributed by atoms with Crippen LogP contribution in [0.1, 0.15) is 86.1 Å². The molecule has 0 saturated heterocycles. The van der Waals surface area contributed by atoms with Gasteiger partial charge in [-0.3, -0.25) is 0 Å². The SMILES string of the molecule is Cc1cc2c(cc1C)C(C)(C)c1cccc(N(c3ccc4c(c3)C(C)(C)c3ccccc3-4)c3ccc4c(c3)C(C)(C)c3ccccc3-4)c1-2. The van der Waals surface area contributed by atoms with Gasteiger partial charge in [0.25, 0.3) is 0 Å². The van der Waals surface area contributed by atoms with Crippen LogP contribution in [0, 0.1) is 13.8 Å². The zero-order valence-corrected chi connectivity index (χ0v) is 29.4. The van der Waals surface area contributed by atoms with Crippen LogP contribution >= 0.6 is 0 Å². The lowest BCUT2D eigenvalue weighted by Gasteiger charge is -2.31. The predicted molar refractivity (Wildman–Crippen MR) is 203 cm³/mol. The van der Waals surface area contributed by atoms with E-state index in [4.69, 9.17) is 0 Å². The highest BCUT2D eigenvalue weighted by molar-refractivity contribution is 5.97. The molecule has 1 heteroatoms. The number of nitrogens with zero attached hydrogens (tertiary/aromatic N) is 1. The van der Waals surface area contributed by atoms with Crippen molar-refractivity contribution in [1.82, 2.24) is 0 Å². The van der Waals surface area contributed by atoms with Gasteiger partial charge in [0, 0.05) is 33.2 Å². The van der Waals surface area contributed by atoms with Gasteiger partial charge in [-0.15, -0.1) is 0 Å². The van der Waals surface area contributed by atoms with Crippen LogP contribution < -0.4 is 4.90 Å². The van der Waals surface area contributed by atoms with Crippen LogP contribution in [0.25, 0.3) is 33.4 Å². The second kappa shape index (κ2) is 9.60. The molecular weight excluding hydrogens is 579 g/mol. The molecule has 48 heavy (non-hydrogen) atoms. The Kier molecular flexibility index (Phi) is 5.86. The third-order valence-corrected chi connectivity index (χ3v) is 12.2. The molecule has 1 nitrogen and oxygen atoms in total. The number of fused-ring (bicyclic) bond motifs is 9. The number of benzene rings is 6. The van der Waals surface area contributed by atoms with Gasteiger partial charge in [-0.25, -0.2) is 0 Å². The molecule has 0 atom stereocenters. The Balaban J connectivity index is 1.32. The standard InChI is InChI=1S/C47H43N/c1-28-24-36-40(25-29(28)2)47(7,8)39-18-13-19-43(44(36)39)48(30-20-22-34-32-14-9-11-16-37(32)45(3,4)41(34)26-30)31-21-23-35-33-15-10-12-17-38(33)46(5,6)42(35)27-31/h9-27H,1-8H3. The third-order valence-electron chi connectivity index (χ3n) is 12.2. The van der Waals surface area contributed by atoms with Crippen LogP contribution in [0.3, 0.4) is 0 Å². The van der Waals surface area contributed by atoms with Crippen LogP contribution in [-0.2, 0) is 16.2 Å². The zero-order chi connectivity index (χ0) is 33.3.